The number of sulfonamides is 1. The van der Waals surface area contributed by atoms with Gasteiger partial charge in [0.15, 0.2) is 0 Å². The molecule has 5 nitrogen and oxygen atoms in total. The van der Waals surface area contributed by atoms with Gasteiger partial charge in [-0.05, 0) is 38.1 Å². The Morgan fingerprint density at radius 3 is 2.70 bits per heavy atom. The van der Waals surface area contributed by atoms with Crippen molar-refractivity contribution in [2.75, 3.05) is 32.9 Å². The molecule has 2 rings (SSSR count). The highest BCUT2D eigenvalue weighted by atomic mass is 32.2. The van der Waals surface area contributed by atoms with Gasteiger partial charge < -0.3 is 10.6 Å². The van der Waals surface area contributed by atoms with Crippen molar-refractivity contribution in [2.45, 2.75) is 24.6 Å². The summed E-state index contributed by atoms with van der Waals surface area (Å²) in [5.74, 6) is -0.0351. The Morgan fingerprint density at radius 2 is 2.10 bits per heavy atom. The lowest BCUT2D eigenvalue weighted by atomic mass is 10.2. The maximum Gasteiger partial charge on any atom is 0.218 e. The van der Waals surface area contributed by atoms with Crippen molar-refractivity contribution in [3.63, 3.8) is 0 Å². The maximum atomic E-state index is 12.4. The number of nitrogens with zero attached hydrogens (tertiary/aromatic N) is 2. The van der Waals surface area contributed by atoms with Crippen LogP contribution in [-0.2, 0) is 15.8 Å². The number of nitrogen functional groups attached to an aromatic ring is 1. The zero-order valence-electron chi connectivity index (χ0n) is 12.1. The molecule has 2 N–H and O–H groups in total. The predicted molar refractivity (Wildman–Crippen MR) is 81.8 cm³/mol. The molecule has 0 spiro atoms. The number of anilines is 1. The van der Waals surface area contributed by atoms with Gasteiger partial charge in [0, 0.05) is 25.3 Å². The monoisotopic (exact) mass is 297 g/mol. The van der Waals surface area contributed by atoms with Crippen molar-refractivity contribution in [3.05, 3.63) is 29.8 Å². The van der Waals surface area contributed by atoms with Crippen molar-refractivity contribution >= 4 is 15.7 Å². The molecule has 20 heavy (non-hydrogen) atoms. The van der Waals surface area contributed by atoms with Crippen LogP contribution in [-0.4, -0.2) is 50.8 Å². The van der Waals surface area contributed by atoms with Crippen molar-refractivity contribution in [2.24, 2.45) is 0 Å². The maximum absolute atomic E-state index is 12.4. The van der Waals surface area contributed by atoms with Gasteiger partial charge >= 0.3 is 0 Å². The van der Waals surface area contributed by atoms with E-state index in [4.69, 9.17) is 5.73 Å². The lowest BCUT2D eigenvalue weighted by Gasteiger charge is -2.25. The first kappa shape index (κ1) is 15.3. The summed E-state index contributed by atoms with van der Waals surface area (Å²) in [5, 5.41) is 0. The van der Waals surface area contributed by atoms with E-state index in [2.05, 4.69) is 4.90 Å². The topological polar surface area (TPSA) is 66.6 Å². The molecule has 0 radical (unpaired) electrons. The van der Waals surface area contributed by atoms with E-state index in [-0.39, 0.29) is 5.75 Å². The molecular weight excluding hydrogens is 274 g/mol. The summed E-state index contributed by atoms with van der Waals surface area (Å²) in [5.41, 5.74) is 7.02. The SMILES string of the molecule is CN1CCCC1CN(C)S(=O)(=O)Cc1ccccc1N. The Morgan fingerprint density at radius 1 is 1.40 bits per heavy atom. The Balaban J connectivity index is 2.04. The van der Waals surface area contributed by atoms with Crippen LogP contribution in [0.1, 0.15) is 18.4 Å². The highest BCUT2D eigenvalue weighted by Crippen LogP contribution is 2.19. The van der Waals surface area contributed by atoms with Crippen LogP contribution in [0, 0.1) is 0 Å². The van der Waals surface area contributed by atoms with Gasteiger partial charge in [-0.3, -0.25) is 0 Å². The molecule has 0 aromatic heterocycles. The molecule has 1 fully saturated rings. The van der Waals surface area contributed by atoms with Gasteiger partial charge in [-0.15, -0.1) is 0 Å². The molecular formula is C14H23N3O2S. The number of nitrogens with two attached hydrogens (primary N) is 1. The number of benzene rings is 1. The van der Waals surface area contributed by atoms with Crippen LogP contribution in [0.3, 0.4) is 0 Å². The van der Waals surface area contributed by atoms with E-state index in [0.717, 1.165) is 19.4 Å². The smallest absolute Gasteiger partial charge is 0.218 e. The van der Waals surface area contributed by atoms with Crippen LogP contribution in [0.4, 0.5) is 5.69 Å². The number of likely N-dealkylation sites (tertiary alicyclic amines) is 1. The van der Waals surface area contributed by atoms with E-state index in [9.17, 15) is 8.42 Å². The van der Waals surface area contributed by atoms with E-state index in [0.29, 0.717) is 23.8 Å². The van der Waals surface area contributed by atoms with Gasteiger partial charge in [-0.25, -0.2) is 12.7 Å². The average molecular weight is 297 g/mol. The zero-order chi connectivity index (χ0) is 14.8. The zero-order valence-corrected chi connectivity index (χ0v) is 12.9. The van der Waals surface area contributed by atoms with Crippen molar-refractivity contribution in [1.82, 2.24) is 9.21 Å². The first-order chi connectivity index (χ1) is 9.40. The molecule has 6 heteroatoms. The molecule has 1 heterocycles. The average Bonchev–Trinajstić information content (AvgIpc) is 2.78. The molecule has 0 amide bonds. The number of likely N-dealkylation sites (N-methyl/N-ethyl adjacent to an activating group) is 2. The summed E-state index contributed by atoms with van der Waals surface area (Å²) < 4.78 is 26.3. The molecule has 1 unspecified atom stereocenters. The summed E-state index contributed by atoms with van der Waals surface area (Å²) in [6.45, 7) is 1.59. The van der Waals surface area contributed by atoms with Gasteiger partial charge in [0.05, 0.1) is 5.75 Å². The first-order valence-electron chi connectivity index (χ1n) is 6.88. The van der Waals surface area contributed by atoms with Gasteiger partial charge in [0.25, 0.3) is 0 Å². The number of hydrogen-bond donors (Lipinski definition) is 1. The predicted octanol–water partition coefficient (Wildman–Crippen LogP) is 1.12. The molecule has 1 aromatic rings. The van der Waals surface area contributed by atoms with Crippen LogP contribution < -0.4 is 5.73 Å². The number of rotatable bonds is 5. The normalized spacial score (nSPS) is 20.6. The highest BCUT2D eigenvalue weighted by Gasteiger charge is 2.27. The van der Waals surface area contributed by atoms with Crippen molar-refractivity contribution < 1.29 is 8.42 Å². The molecule has 1 aliphatic heterocycles. The van der Waals surface area contributed by atoms with Gasteiger partial charge in [-0.2, -0.15) is 0 Å². The van der Waals surface area contributed by atoms with Crippen LogP contribution >= 0.6 is 0 Å². The third kappa shape index (κ3) is 3.50. The second kappa shape index (κ2) is 6.11. The van der Waals surface area contributed by atoms with Crippen molar-refractivity contribution in [1.29, 1.82) is 0 Å². The minimum atomic E-state index is -3.32. The molecule has 1 saturated heterocycles. The highest BCUT2D eigenvalue weighted by molar-refractivity contribution is 7.88. The minimum absolute atomic E-state index is 0.0351. The summed E-state index contributed by atoms with van der Waals surface area (Å²) >= 11 is 0. The molecule has 112 valence electrons. The molecule has 1 aromatic carbocycles. The Bertz CT molecular complexity index is 559. The molecule has 1 aliphatic rings. The van der Waals surface area contributed by atoms with Gasteiger partial charge in [0.1, 0.15) is 0 Å². The van der Waals surface area contributed by atoms with Gasteiger partial charge in [0.2, 0.25) is 10.0 Å². The third-order valence-corrected chi connectivity index (χ3v) is 5.78. The van der Waals surface area contributed by atoms with Gasteiger partial charge in [-0.1, -0.05) is 18.2 Å². The summed E-state index contributed by atoms with van der Waals surface area (Å²) in [6, 6.07) is 7.44. The van der Waals surface area contributed by atoms with Crippen LogP contribution in [0.25, 0.3) is 0 Å². The van der Waals surface area contributed by atoms with Crippen LogP contribution in [0.5, 0.6) is 0 Å². The lowest BCUT2D eigenvalue weighted by molar-refractivity contribution is 0.271. The van der Waals surface area contributed by atoms with E-state index in [1.165, 1.54) is 4.31 Å². The molecule has 0 bridgehead atoms. The van der Waals surface area contributed by atoms with E-state index in [1.54, 1.807) is 19.2 Å². The molecule has 1 atom stereocenters. The summed E-state index contributed by atoms with van der Waals surface area (Å²) in [4.78, 5) is 2.23. The number of para-hydroxylation sites is 1. The fourth-order valence-electron chi connectivity index (χ4n) is 2.59. The summed E-state index contributed by atoms with van der Waals surface area (Å²) in [6.07, 6.45) is 2.20. The Labute approximate surface area is 121 Å². The van der Waals surface area contributed by atoms with Crippen LogP contribution in [0.2, 0.25) is 0 Å². The van der Waals surface area contributed by atoms with E-state index in [1.807, 2.05) is 19.2 Å². The summed E-state index contributed by atoms with van der Waals surface area (Å²) in [7, 11) is 0.382. The third-order valence-electron chi connectivity index (χ3n) is 4.01. The fraction of sp³-hybridized carbons (Fsp3) is 0.571. The largest absolute Gasteiger partial charge is 0.398 e. The van der Waals surface area contributed by atoms with E-state index >= 15 is 0 Å². The molecule has 0 aliphatic carbocycles. The fourth-order valence-corrected chi connectivity index (χ4v) is 3.87. The van der Waals surface area contributed by atoms with Crippen LogP contribution in [0.15, 0.2) is 24.3 Å². The minimum Gasteiger partial charge on any atom is -0.398 e. The van der Waals surface area contributed by atoms with E-state index < -0.39 is 10.0 Å². The first-order valence-corrected chi connectivity index (χ1v) is 8.48. The standard InChI is InChI=1S/C14H23N3O2S/c1-16-9-5-7-13(16)10-17(2)20(18,19)11-12-6-3-4-8-14(12)15/h3-4,6,8,13H,5,7,9-11,15H2,1-2H3. The second-order valence-electron chi connectivity index (χ2n) is 5.51. The van der Waals surface area contributed by atoms with Crippen molar-refractivity contribution in [3.8, 4) is 0 Å². The quantitative estimate of drug-likeness (QED) is 0.827. The Hall–Kier alpha value is -1.11. The lowest BCUT2D eigenvalue weighted by Crippen LogP contribution is -2.40. The Kier molecular flexibility index (Phi) is 4.67. The second-order valence-corrected chi connectivity index (χ2v) is 7.59. The number of hydrogen-bond acceptors (Lipinski definition) is 4. The molecule has 0 saturated carbocycles.